The van der Waals surface area contributed by atoms with E-state index in [1.807, 2.05) is 30.9 Å². The molecule has 7 heteroatoms. The third kappa shape index (κ3) is 5.25. The molecule has 1 heterocycles. The van der Waals surface area contributed by atoms with Gasteiger partial charge in [-0.3, -0.25) is 14.5 Å². The number of ether oxygens (including phenoxy) is 2. The van der Waals surface area contributed by atoms with Crippen LogP contribution in [0.1, 0.15) is 39.5 Å². The van der Waals surface area contributed by atoms with Gasteiger partial charge in [-0.1, -0.05) is 26.7 Å². The van der Waals surface area contributed by atoms with Gasteiger partial charge >= 0.3 is 0 Å². The fourth-order valence-electron chi connectivity index (χ4n) is 4.63. The minimum Gasteiger partial charge on any atom is -0.497 e. The molecule has 0 bridgehead atoms. The summed E-state index contributed by atoms with van der Waals surface area (Å²) in [6, 6.07) is 5.23. The SMILES string of the molecule is COc1cc(NC(=O)[C@@H](C2CCCC2)N2CCN(C(=O)C(C)C)CC2)cc(OC)c1. The molecule has 1 N–H and O–H groups in total. The minimum absolute atomic E-state index is 0.00789. The zero-order valence-corrected chi connectivity index (χ0v) is 18.6. The summed E-state index contributed by atoms with van der Waals surface area (Å²) in [6.45, 7) is 6.70. The molecule has 2 aliphatic rings. The molecule has 1 saturated carbocycles. The van der Waals surface area contributed by atoms with E-state index in [1.165, 1.54) is 12.8 Å². The lowest BCUT2D eigenvalue weighted by atomic mass is 9.94. The maximum atomic E-state index is 13.4. The molecule has 7 nitrogen and oxygen atoms in total. The Morgan fingerprint density at radius 1 is 0.967 bits per heavy atom. The first-order valence-electron chi connectivity index (χ1n) is 11.0. The van der Waals surface area contributed by atoms with Gasteiger partial charge in [-0.2, -0.15) is 0 Å². The number of carbonyl (C=O) groups excluding carboxylic acids is 2. The summed E-state index contributed by atoms with van der Waals surface area (Å²) in [5, 5.41) is 3.10. The fourth-order valence-corrected chi connectivity index (χ4v) is 4.63. The van der Waals surface area contributed by atoms with Crippen LogP contribution in [0.3, 0.4) is 0 Å². The number of nitrogens with one attached hydrogen (secondary N) is 1. The van der Waals surface area contributed by atoms with Crippen molar-refractivity contribution in [1.29, 1.82) is 0 Å². The number of rotatable bonds is 7. The van der Waals surface area contributed by atoms with Gasteiger partial charge in [0.2, 0.25) is 11.8 Å². The van der Waals surface area contributed by atoms with Gasteiger partial charge in [-0.25, -0.2) is 0 Å². The Kier molecular flexibility index (Phi) is 7.58. The van der Waals surface area contributed by atoms with E-state index in [0.29, 0.717) is 36.2 Å². The molecule has 30 heavy (non-hydrogen) atoms. The van der Waals surface area contributed by atoms with Crippen LogP contribution in [0, 0.1) is 11.8 Å². The van der Waals surface area contributed by atoms with Crippen LogP contribution in [0.4, 0.5) is 5.69 Å². The van der Waals surface area contributed by atoms with Crippen molar-refractivity contribution in [3.8, 4) is 11.5 Å². The van der Waals surface area contributed by atoms with Crippen LogP contribution in [-0.4, -0.2) is 68.1 Å². The molecule has 1 aliphatic heterocycles. The molecule has 1 aromatic carbocycles. The summed E-state index contributed by atoms with van der Waals surface area (Å²) in [5.41, 5.74) is 0.674. The highest BCUT2D eigenvalue weighted by atomic mass is 16.5. The van der Waals surface area contributed by atoms with Crippen molar-refractivity contribution in [1.82, 2.24) is 9.80 Å². The molecule has 166 valence electrons. The predicted octanol–water partition coefficient (Wildman–Crippen LogP) is 3.00. The highest BCUT2D eigenvalue weighted by molar-refractivity contribution is 5.95. The number of hydrogen-bond acceptors (Lipinski definition) is 5. The monoisotopic (exact) mass is 417 g/mol. The second kappa shape index (κ2) is 10.2. The lowest BCUT2D eigenvalue weighted by Crippen LogP contribution is -2.57. The summed E-state index contributed by atoms with van der Waals surface area (Å²) < 4.78 is 10.7. The van der Waals surface area contributed by atoms with E-state index in [-0.39, 0.29) is 23.8 Å². The van der Waals surface area contributed by atoms with Crippen LogP contribution in [0.5, 0.6) is 11.5 Å². The van der Waals surface area contributed by atoms with Crippen LogP contribution in [-0.2, 0) is 9.59 Å². The molecule has 1 aromatic rings. The normalized spacial score (nSPS) is 19.0. The van der Waals surface area contributed by atoms with Crippen molar-refractivity contribution in [2.75, 3.05) is 45.7 Å². The second-order valence-electron chi connectivity index (χ2n) is 8.60. The molecular formula is C23H35N3O4. The average molecular weight is 418 g/mol. The van der Waals surface area contributed by atoms with Crippen molar-refractivity contribution in [3.63, 3.8) is 0 Å². The Bertz CT molecular complexity index is 716. The van der Waals surface area contributed by atoms with Gasteiger partial charge in [0.1, 0.15) is 11.5 Å². The first-order chi connectivity index (χ1) is 14.4. The smallest absolute Gasteiger partial charge is 0.242 e. The standard InChI is InChI=1S/C23H35N3O4/c1-16(2)23(28)26-11-9-25(10-12-26)21(17-7-5-6-8-17)22(27)24-18-13-19(29-3)15-20(14-18)30-4/h13-17,21H,5-12H2,1-4H3,(H,24,27)/t21-/m1/s1. The van der Waals surface area contributed by atoms with E-state index >= 15 is 0 Å². The maximum absolute atomic E-state index is 13.4. The van der Waals surface area contributed by atoms with Crippen molar-refractivity contribution in [3.05, 3.63) is 18.2 Å². The molecule has 3 rings (SSSR count). The zero-order valence-electron chi connectivity index (χ0n) is 18.6. The van der Waals surface area contributed by atoms with Crippen molar-refractivity contribution in [2.24, 2.45) is 11.8 Å². The van der Waals surface area contributed by atoms with Crippen molar-refractivity contribution >= 4 is 17.5 Å². The molecule has 0 unspecified atom stereocenters. The summed E-state index contributed by atoms with van der Waals surface area (Å²) >= 11 is 0. The molecule has 2 amide bonds. The number of hydrogen-bond donors (Lipinski definition) is 1. The van der Waals surface area contributed by atoms with Crippen LogP contribution >= 0.6 is 0 Å². The van der Waals surface area contributed by atoms with Crippen LogP contribution in [0.2, 0.25) is 0 Å². The van der Waals surface area contributed by atoms with Gasteiger partial charge in [-0.05, 0) is 18.8 Å². The predicted molar refractivity (Wildman–Crippen MR) is 117 cm³/mol. The third-order valence-corrected chi connectivity index (χ3v) is 6.25. The van der Waals surface area contributed by atoms with Gasteiger partial charge < -0.3 is 19.7 Å². The van der Waals surface area contributed by atoms with E-state index in [9.17, 15) is 9.59 Å². The number of anilines is 1. The first-order valence-corrected chi connectivity index (χ1v) is 11.0. The van der Waals surface area contributed by atoms with E-state index in [1.54, 1.807) is 20.3 Å². The highest BCUT2D eigenvalue weighted by Gasteiger charge is 2.37. The molecule has 0 radical (unpaired) electrons. The Morgan fingerprint density at radius 2 is 1.53 bits per heavy atom. The summed E-state index contributed by atoms with van der Waals surface area (Å²) in [7, 11) is 3.19. The van der Waals surface area contributed by atoms with Gasteiger partial charge in [-0.15, -0.1) is 0 Å². The second-order valence-corrected chi connectivity index (χ2v) is 8.60. The van der Waals surface area contributed by atoms with E-state index in [0.717, 1.165) is 25.9 Å². The van der Waals surface area contributed by atoms with Crippen molar-refractivity contribution < 1.29 is 19.1 Å². The lowest BCUT2D eigenvalue weighted by molar-refractivity contribution is -0.137. The van der Waals surface area contributed by atoms with E-state index in [4.69, 9.17) is 9.47 Å². The molecular weight excluding hydrogens is 382 g/mol. The Hall–Kier alpha value is -2.28. The molecule has 0 aromatic heterocycles. The molecule has 1 atom stereocenters. The highest BCUT2D eigenvalue weighted by Crippen LogP contribution is 2.32. The largest absolute Gasteiger partial charge is 0.497 e. The topological polar surface area (TPSA) is 71.1 Å². The number of piperazine rings is 1. The van der Waals surface area contributed by atoms with Crippen molar-refractivity contribution in [2.45, 2.75) is 45.6 Å². The van der Waals surface area contributed by atoms with Gasteiger partial charge in [0, 0.05) is 56.0 Å². The summed E-state index contributed by atoms with van der Waals surface area (Å²) in [6.07, 6.45) is 4.50. The fraction of sp³-hybridized carbons (Fsp3) is 0.652. The Balaban J connectivity index is 1.73. The minimum atomic E-state index is -0.180. The third-order valence-electron chi connectivity index (χ3n) is 6.25. The Labute approximate surface area is 179 Å². The van der Waals surface area contributed by atoms with Gasteiger partial charge in [0.15, 0.2) is 0 Å². The summed E-state index contributed by atoms with van der Waals surface area (Å²) in [5.74, 6) is 1.85. The molecule has 2 fully saturated rings. The number of nitrogens with zero attached hydrogens (tertiary/aromatic N) is 2. The Morgan fingerprint density at radius 3 is 2.03 bits per heavy atom. The number of benzene rings is 1. The lowest BCUT2D eigenvalue weighted by Gasteiger charge is -2.41. The van der Waals surface area contributed by atoms with Crippen LogP contribution < -0.4 is 14.8 Å². The van der Waals surface area contributed by atoms with Crippen LogP contribution in [0.15, 0.2) is 18.2 Å². The van der Waals surface area contributed by atoms with E-state index in [2.05, 4.69) is 10.2 Å². The number of carbonyl (C=O) groups is 2. The molecule has 0 spiro atoms. The molecule has 1 saturated heterocycles. The van der Waals surface area contributed by atoms with E-state index < -0.39 is 0 Å². The number of amides is 2. The number of methoxy groups -OCH3 is 2. The molecule has 1 aliphatic carbocycles. The quantitative estimate of drug-likeness (QED) is 0.739. The zero-order chi connectivity index (χ0) is 21.7. The average Bonchev–Trinajstić information content (AvgIpc) is 3.27. The van der Waals surface area contributed by atoms with Crippen LogP contribution in [0.25, 0.3) is 0 Å². The summed E-state index contributed by atoms with van der Waals surface area (Å²) in [4.78, 5) is 29.9. The van der Waals surface area contributed by atoms with Gasteiger partial charge in [0.25, 0.3) is 0 Å². The maximum Gasteiger partial charge on any atom is 0.242 e. The van der Waals surface area contributed by atoms with Gasteiger partial charge in [0.05, 0.1) is 20.3 Å². The first kappa shape index (κ1) is 22.4.